The normalized spacial score (nSPS) is 15.4. The highest BCUT2D eigenvalue weighted by molar-refractivity contribution is 7.90. The maximum Gasteiger partial charge on any atom is 0.413 e. The number of rotatable bonds is 6. The Morgan fingerprint density at radius 2 is 1.83 bits per heavy atom. The van der Waals surface area contributed by atoms with Crippen molar-refractivity contribution in [3.05, 3.63) is 78.4 Å². The van der Waals surface area contributed by atoms with Crippen LogP contribution in [0, 0.1) is 5.41 Å². The summed E-state index contributed by atoms with van der Waals surface area (Å²) in [6.07, 6.45) is -0.533. The van der Waals surface area contributed by atoms with Gasteiger partial charge in [-0.3, -0.25) is 15.6 Å². The number of carbonyl (C=O) groups excluding carboxylic acids is 2. The molecular formula is C24H23N5O5S. The average Bonchev–Trinajstić information content (AvgIpc) is 3.18. The molecule has 1 heterocycles. The number of sulfone groups is 1. The molecule has 3 amide bonds. The van der Waals surface area contributed by atoms with Gasteiger partial charge in [0.05, 0.1) is 11.4 Å². The minimum Gasteiger partial charge on any atom is -0.423 e. The van der Waals surface area contributed by atoms with Crippen LogP contribution in [-0.4, -0.2) is 45.4 Å². The summed E-state index contributed by atoms with van der Waals surface area (Å²) < 4.78 is 29.6. The zero-order valence-corrected chi connectivity index (χ0v) is 19.5. The van der Waals surface area contributed by atoms with Crippen molar-refractivity contribution in [1.29, 1.82) is 5.41 Å². The fraction of sp³-hybridized carbons (Fsp3) is 0.125. The predicted octanol–water partition coefficient (Wildman–Crippen LogP) is 3.15. The Morgan fingerprint density at radius 1 is 1.11 bits per heavy atom. The molecule has 10 nitrogen and oxygen atoms in total. The van der Waals surface area contributed by atoms with Crippen LogP contribution in [0.1, 0.15) is 5.56 Å². The zero-order chi connectivity index (χ0) is 25.2. The number of urea groups is 1. The molecule has 3 aromatic carbocycles. The van der Waals surface area contributed by atoms with E-state index in [0.717, 1.165) is 6.26 Å². The van der Waals surface area contributed by atoms with Crippen molar-refractivity contribution in [2.75, 3.05) is 23.0 Å². The molecule has 0 aromatic heterocycles. The largest absolute Gasteiger partial charge is 0.423 e. The predicted molar refractivity (Wildman–Crippen MR) is 132 cm³/mol. The van der Waals surface area contributed by atoms with E-state index in [9.17, 15) is 18.0 Å². The van der Waals surface area contributed by atoms with Crippen LogP contribution in [-0.2, 0) is 14.6 Å². The molecule has 0 aliphatic carbocycles. The fourth-order valence-corrected chi connectivity index (χ4v) is 4.63. The third kappa shape index (κ3) is 5.25. The zero-order valence-electron chi connectivity index (χ0n) is 18.7. The number of nitrogens with zero attached hydrogens (tertiary/aromatic N) is 1. The first-order chi connectivity index (χ1) is 16.6. The number of nitrogen functional groups attached to an aromatic ring is 1. The van der Waals surface area contributed by atoms with Gasteiger partial charge in [-0.05, 0) is 35.9 Å². The first kappa shape index (κ1) is 23.8. The fourth-order valence-electron chi connectivity index (χ4n) is 3.72. The molecule has 1 aliphatic heterocycles. The van der Waals surface area contributed by atoms with Gasteiger partial charge in [0.25, 0.3) is 0 Å². The summed E-state index contributed by atoms with van der Waals surface area (Å²) in [5, 5.41) is 12.8. The lowest BCUT2D eigenvalue weighted by Gasteiger charge is -2.23. The molecule has 0 spiro atoms. The Morgan fingerprint density at radius 3 is 2.51 bits per heavy atom. The minimum atomic E-state index is -3.41. The summed E-state index contributed by atoms with van der Waals surface area (Å²) >= 11 is 0. The molecular weight excluding hydrogens is 470 g/mol. The second-order valence-corrected chi connectivity index (χ2v) is 9.83. The van der Waals surface area contributed by atoms with Crippen LogP contribution in [0.3, 0.4) is 0 Å². The molecule has 5 N–H and O–H groups in total. The smallest absolute Gasteiger partial charge is 0.413 e. The lowest BCUT2D eigenvalue weighted by molar-refractivity contribution is 0.122. The van der Waals surface area contributed by atoms with Crippen LogP contribution >= 0.6 is 0 Å². The van der Waals surface area contributed by atoms with Gasteiger partial charge in [0, 0.05) is 28.8 Å². The molecule has 1 aliphatic rings. The van der Waals surface area contributed by atoms with Crippen molar-refractivity contribution in [1.82, 2.24) is 5.32 Å². The molecule has 0 bridgehead atoms. The first-order valence-electron chi connectivity index (χ1n) is 10.5. The molecule has 0 saturated carbocycles. The van der Waals surface area contributed by atoms with Crippen LogP contribution in [0.2, 0.25) is 0 Å². The van der Waals surface area contributed by atoms with Gasteiger partial charge in [-0.15, -0.1) is 0 Å². The second kappa shape index (κ2) is 9.47. The van der Waals surface area contributed by atoms with Gasteiger partial charge in [-0.1, -0.05) is 42.5 Å². The Hall–Kier alpha value is -4.38. The van der Waals surface area contributed by atoms with E-state index in [1.807, 2.05) is 0 Å². The van der Waals surface area contributed by atoms with E-state index in [1.165, 1.54) is 4.90 Å². The number of ether oxygens (including phenoxy) is 1. The van der Waals surface area contributed by atoms with Gasteiger partial charge >= 0.3 is 12.1 Å². The molecule has 1 unspecified atom stereocenters. The Labute approximate surface area is 202 Å². The third-order valence-electron chi connectivity index (χ3n) is 5.34. The van der Waals surface area contributed by atoms with E-state index in [4.69, 9.17) is 15.9 Å². The lowest BCUT2D eigenvalue weighted by atomic mass is 10.1. The molecule has 180 valence electrons. The number of amides is 3. The van der Waals surface area contributed by atoms with Gasteiger partial charge in [0.15, 0.2) is 9.84 Å². The van der Waals surface area contributed by atoms with E-state index in [2.05, 4.69) is 10.6 Å². The van der Waals surface area contributed by atoms with E-state index in [0.29, 0.717) is 28.1 Å². The third-order valence-corrected chi connectivity index (χ3v) is 6.50. The molecule has 1 saturated heterocycles. The number of hydrogen-bond donors (Lipinski definition) is 4. The van der Waals surface area contributed by atoms with Crippen molar-refractivity contribution >= 4 is 39.2 Å². The summed E-state index contributed by atoms with van der Waals surface area (Å²) in [6.45, 7) is 0.0811. The van der Waals surface area contributed by atoms with E-state index in [1.54, 1.807) is 72.8 Å². The number of hydrogen-bond acceptors (Lipinski definition) is 6. The first-order valence-corrected chi connectivity index (χ1v) is 12.4. The molecule has 1 fully saturated rings. The number of nitrogens with one attached hydrogen (secondary N) is 3. The highest BCUT2D eigenvalue weighted by atomic mass is 32.2. The van der Waals surface area contributed by atoms with Crippen molar-refractivity contribution in [2.24, 2.45) is 5.73 Å². The molecule has 11 heteroatoms. The van der Waals surface area contributed by atoms with Crippen LogP contribution in [0.4, 0.5) is 21.0 Å². The number of anilines is 2. The van der Waals surface area contributed by atoms with E-state index >= 15 is 0 Å². The highest BCUT2D eigenvalue weighted by Crippen LogP contribution is 2.28. The van der Waals surface area contributed by atoms with Crippen molar-refractivity contribution < 1.29 is 22.7 Å². The molecule has 35 heavy (non-hydrogen) atoms. The number of benzene rings is 3. The molecule has 3 aromatic rings. The van der Waals surface area contributed by atoms with E-state index in [-0.39, 0.29) is 17.3 Å². The SMILES string of the molecule is CS(=O)(=O)c1ccccc1-c1ccc(NC(=O)OC2CNC(=O)N2c2cccc(C(=N)N)c2)cc1. The summed E-state index contributed by atoms with van der Waals surface area (Å²) in [4.78, 5) is 26.4. The minimum absolute atomic E-state index is 0.0811. The standard InChI is InChI=1S/C24H23N5O5S/c1-35(32,33)20-8-3-2-7-19(20)15-9-11-17(12-10-15)28-24(31)34-21-14-27-23(30)29(21)18-6-4-5-16(13-18)22(25)26/h2-13,21H,14H2,1H3,(H3,25,26)(H,27,30)(H,28,31). The lowest BCUT2D eigenvalue weighted by Crippen LogP contribution is -2.38. The number of carbonyl (C=O) groups is 2. The van der Waals surface area contributed by atoms with Crippen LogP contribution in [0.25, 0.3) is 11.1 Å². The maximum absolute atomic E-state index is 12.5. The topological polar surface area (TPSA) is 155 Å². The van der Waals surface area contributed by atoms with Gasteiger partial charge in [0.2, 0.25) is 6.23 Å². The second-order valence-electron chi connectivity index (χ2n) is 7.85. The Balaban J connectivity index is 1.47. The highest BCUT2D eigenvalue weighted by Gasteiger charge is 2.35. The Bertz CT molecular complexity index is 1410. The van der Waals surface area contributed by atoms with Crippen LogP contribution < -0.4 is 21.3 Å². The van der Waals surface area contributed by atoms with Crippen molar-refractivity contribution in [3.63, 3.8) is 0 Å². The van der Waals surface area contributed by atoms with Gasteiger partial charge in [-0.25, -0.2) is 18.0 Å². The van der Waals surface area contributed by atoms with Crippen LogP contribution in [0.5, 0.6) is 0 Å². The summed E-state index contributed by atoms with van der Waals surface area (Å²) in [5.41, 5.74) is 8.06. The number of nitrogens with two attached hydrogens (primary N) is 1. The van der Waals surface area contributed by atoms with Gasteiger partial charge in [0.1, 0.15) is 5.84 Å². The van der Waals surface area contributed by atoms with Gasteiger partial charge in [-0.2, -0.15) is 0 Å². The molecule has 4 rings (SSSR count). The molecule has 0 radical (unpaired) electrons. The van der Waals surface area contributed by atoms with Gasteiger partial charge < -0.3 is 15.8 Å². The molecule has 1 atom stereocenters. The summed E-state index contributed by atoms with van der Waals surface area (Å²) in [6, 6.07) is 19.4. The van der Waals surface area contributed by atoms with Crippen molar-refractivity contribution in [3.8, 4) is 11.1 Å². The van der Waals surface area contributed by atoms with E-state index < -0.39 is 28.2 Å². The number of amidine groups is 1. The Kier molecular flexibility index (Phi) is 6.43. The quantitative estimate of drug-likeness (QED) is 0.305. The average molecular weight is 494 g/mol. The van der Waals surface area contributed by atoms with Crippen LogP contribution in [0.15, 0.2) is 77.7 Å². The summed E-state index contributed by atoms with van der Waals surface area (Å²) in [7, 11) is -3.41. The monoisotopic (exact) mass is 493 g/mol. The van der Waals surface area contributed by atoms with Crippen molar-refractivity contribution in [2.45, 2.75) is 11.1 Å². The maximum atomic E-state index is 12.5. The summed E-state index contributed by atoms with van der Waals surface area (Å²) in [5.74, 6) is -0.149.